The van der Waals surface area contributed by atoms with Crippen LogP contribution in [0.5, 0.6) is 0 Å². The number of hydrogen-bond acceptors (Lipinski definition) is 2. The van der Waals surface area contributed by atoms with Crippen molar-refractivity contribution in [3.63, 3.8) is 0 Å². The van der Waals surface area contributed by atoms with Crippen molar-refractivity contribution in [2.45, 2.75) is 51.1 Å². The zero-order chi connectivity index (χ0) is 11.1. The Morgan fingerprint density at radius 1 is 1.67 bits per heavy atom. The first-order valence-electron chi connectivity index (χ1n) is 5.75. The Bertz CT molecular complexity index is 309. The maximum Gasteiger partial charge on any atom is 0.223 e. The van der Waals surface area contributed by atoms with E-state index < -0.39 is 0 Å². The summed E-state index contributed by atoms with van der Waals surface area (Å²) in [5, 5.41) is 0. The summed E-state index contributed by atoms with van der Waals surface area (Å²) in [5.41, 5.74) is 7.36. The van der Waals surface area contributed by atoms with Crippen LogP contribution in [0.25, 0.3) is 0 Å². The highest BCUT2D eigenvalue weighted by atomic mass is 16.2. The van der Waals surface area contributed by atoms with Gasteiger partial charge in [0.1, 0.15) is 0 Å². The Labute approximate surface area is 91.3 Å². The van der Waals surface area contributed by atoms with Crippen LogP contribution in [0.3, 0.4) is 0 Å². The molecule has 0 aliphatic carbocycles. The summed E-state index contributed by atoms with van der Waals surface area (Å²) in [4.78, 5) is 13.8. The van der Waals surface area contributed by atoms with Crippen LogP contribution in [-0.2, 0) is 4.79 Å². The van der Waals surface area contributed by atoms with Gasteiger partial charge in [0.15, 0.2) is 0 Å². The second-order valence-corrected chi connectivity index (χ2v) is 5.14. The molecule has 2 atom stereocenters. The molecule has 2 heterocycles. The molecule has 2 N–H and O–H groups in total. The maximum atomic E-state index is 11.8. The minimum absolute atomic E-state index is 0.0457. The lowest BCUT2D eigenvalue weighted by molar-refractivity contribution is -0.131. The number of carbonyl (C=O) groups excluding carboxylic acids is 1. The van der Waals surface area contributed by atoms with Gasteiger partial charge in [0.05, 0.1) is 0 Å². The summed E-state index contributed by atoms with van der Waals surface area (Å²) >= 11 is 0. The van der Waals surface area contributed by atoms with E-state index in [0.717, 1.165) is 25.8 Å². The van der Waals surface area contributed by atoms with E-state index in [-0.39, 0.29) is 11.6 Å². The van der Waals surface area contributed by atoms with Crippen LogP contribution in [-0.4, -0.2) is 28.9 Å². The lowest BCUT2D eigenvalue weighted by Gasteiger charge is -2.42. The molecule has 15 heavy (non-hydrogen) atoms. The molecule has 0 saturated carbocycles. The predicted molar refractivity (Wildman–Crippen MR) is 60.3 cm³/mol. The number of rotatable bonds is 2. The summed E-state index contributed by atoms with van der Waals surface area (Å²) in [5.74, 6) is 0.305. The van der Waals surface area contributed by atoms with Crippen molar-refractivity contribution in [1.29, 1.82) is 0 Å². The van der Waals surface area contributed by atoms with E-state index in [2.05, 4.69) is 13.0 Å². The second-order valence-electron chi connectivity index (χ2n) is 5.14. The third-order valence-electron chi connectivity index (χ3n) is 3.61. The lowest BCUT2D eigenvalue weighted by atomic mass is 9.81. The molecule has 0 aromatic heterocycles. The van der Waals surface area contributed by atoms with E-state index in [1.165, 1.54) is 5.57 Å². The Morgan fingerprint density at radius 2 is 2.40 bits per heavy atom. The molecule has 1 fully saturated rings. The lowest BCUT2D eigenvalue weighted by Crippen LogP contribution is -2.50. The van der Waals surface area contributed by atoms with Gasteiger partial charge in [-0.3, -0.25) is 4.79 Å². The van der Waals surface area contributed by atoms with Crippen molar-refractivity contribution >= 4 is 5.91 Å². The minimum Gasteiger partial charge on any atom is -0.333 e. The zero-order valence-electron chi connectivity index (χ0n) is 9.62. The molecule has 2 aliphatic rings. The molecule has 0 aromatic rings. The molecular formula is C12H20N2O. The molecule has 0 bridgehead atoms. The first-order valence-corrected chi connectivity index (χ1v) is 5.75. The van der Waals surface area contributed by atoms with Gasteiger partial charge in [-0.15, -0.1) is 0 Å². The first kappa shape index (κ1) is 10.7. The normalized spacial score (nSPS) is 32.6. The van der Waals surface area contributed by atoms with E-state index >= 15 is 0 Å². The third kappa shape index (κ3) is 1.81. The van der Waals surface area contributed by atoms with E-state index in [1.54, 1.807) is 0 Å². The molecule has 3 nitrogen and oxygen atoms in total. The number of fused-ring (bicyclic) bond motifs is 1. The van der Waals surface area contributed by atoms with Crippen molar-refractivity contribution in [2.75, 3.05) is 6.54 Å². The van der Waals surface area contributed by atoms with Gasteiger partial charge in [-0.05, 0) is 33.1 Å². The fourth-order valence-electron chi connectivity index (χ4n) is 3.08. The molecule has 1 amide bonds. The van der Waals surface area contributed by atoms with Crippen LogP contribution < -0.4 is 5.73 Å². The molecule has 3 heteroatoms. The highest BCUT2D eigenvalue weighted by Gasteiger charge is 2.46. The van der Waals surface area contributed by atoms with Crippen LogP contribution in [0.1, 0.15) is 39.5 Å². The topological polar surface area (TPSA) is 46.3 Å². The largest absolute Gasteiger partial charge is 0.333 e. The van der Waals surface area contributed by atoms with Crippen molar-refractivity contribution in [2.24, 2.45) is 5.73 Å². The number of amides is 1. The van der Waals surface area contributed by atoms with Crippen LogP contribution in [0.15, 0.2) is 11.6 Å². The Balaban J connectivity index is 2.25. The molecule has 2 rings (SSSR count). The summed E-state index contributed by atoms with van der Waals surface area (Å²) < 4.78 is 0. The van der Waals surface area contributed by atoms with Crippen LogP contribution in [0, 0.1) is 0 Å². The minimum atomic E-state index is 0.0457. The fraction of sp³-hybridized carbons (Fsp3) is 0.750. The quantitative estimate of drug-likeness (QED) is 0.698. The summed E-state index contributed by atoms with van der Waals surface area (Å²) in [7, 11) is 0. The van der Waals surface area contributed by atoms with E-state index in [1.807, 2.05) is 11.8 Å². The van der Waals surface area contributed by atoms with Gasteiger partial charge in [0.2, 0.25) is 5.91 Å². The van der Waals surface area contributed by atoms with Crippen molar-refractivity contribution in [3.05, 3.63) is 11.6 Å². The standard InChI is InChI=1S/C12H20N2O/c1-9-4-6-14-11(15)3-5-12(14,7-9)8-10(2)13/h4,10H,3,5-8,13H2,1-2H3/t10?,12-/m1/s1. The molecule has 84 valence electrons. The highest BCUT2D eigenvalue weighted by molar-refractivity contribution is 5.80. The zero-order valence-corrected chi connectivity index (χ0v) is 9.62. The summed E-state index contributed by atoms with van der Waals surface area (Å²) in [6, 6.07) is 0.171. The van der Waals surface area contributed by atoms with Crippen LogP contribution >= 0.6 is 0 Å². The fourth-order valence-corrected chi connectivity index (χ4v) is 3.08. The van der Waals surface area contributed by atoms with Gasteiger partial charge in [-0.2, -0.15) is 0 Å². The smallest absolute Gasteiger partial charge is 0.223 e. The number of hydrogen-bond donors (Lipinski definition) is 1. The summed E-state index contributed by atoms with van der Waals surface area (Å²) in [6.45, 7) is 4.98. The van der Waals surface area contributed by atoms with E-state index in [0.29, 0.717) is 12.3 Å². The monoisotopic (exact) mass is 208 g/mol. The van der Waals surface area contributed by atoms with E-state index in [9.17, 15) is 4.79 Å². The number of nitrogens with zero attached hydrogens (tertiary/aromatic N) is 1. The second kappa shape index (κ2) is 3.63. The van der Waals surface area contributed by atoms with Crippen LogP contribution in [0.2, 0.25) is 0 Å². The first-order chi connectivity index (χ1) is 7.03. The average Bonchev–Trinajstić information content (AvgIpc) is 2.41. The van der Waals surface area contributed by atoms with Crippen molar-refractivity contribution < 1.29 is 4.79 Å². The van der Waals surface area contributed by atoms with Gasteiger partial charge >= 0.3 is 0 Å². The molecular weight excluding hydrogens is 188 g/mol. The number of carbonyl (C=O) groups is 1. The third-order valence-corrected chi connectivity index (χ3v) is 3.61. The molecule has 0 radical (unpaired) electrons. The molecule has 1 unspecified atom stereocenters. The van der Waals surface area contributed by atoms with Gasteiger partial charge in [0, 0.05) is 24.5 Å². The molecule has 0 aromatic carbocycles. The number of nitrogens with two attached hydrogens (primary N) is 1. The van der Waals surface area contributed by atoms with Gasteiger partial charge in [0.25, 0.3) is 0 Å². The van der Waals surface area contributed by atoms with Crippen molar-refractivity contribution in [1.82, 2.24) is 4.90 Å². The highest BCUT2D eigenvalue weighted by Crippen LogP contribution is 2.41. The van der Waals surface area contributed by atoms with Gasteiger partial charge in [-0.25, -0.2) is 0 Å². The SMILES string of the molecule is CC1=CCN2C(=O)CC[C@]2(CC(C)N)C1. The van der Waals surface area contributed by atoms with Crippen molar-refractivity contribution in [3.8, 4) is 0 Å². The average molecular weight is 208 g/mol. The maximum absolute atomic E-state index is 11.8. The predicted octanol–water partition coefficient (Wildman–Crippen LogP) is 1.43. The molecule has 0 spiro atoms. The molecule has 1 saturated heterocycles. The van der Waals surface area contributed by atoms with Gasteiger partial charge in [-0.1, -0.05) is 11.6 Å². The summed E-state index contributed by atoms with van der Waals surface area (Å²) in [6.07, 6.45) is 5.80. The Morgan fingerprint density at radius 3 is 3.07 bits per heavy atom. The Kier molecular flexibility index (Phi) is 2.59. The van der Waals surface area contributed by atoms with E-state index in [4.69, 9.17) is 5.73 Å². The van der Waals surface area contributed by atoms with Crippen LogP contribution in [0.4, 0.5) is 0 Å². The molecule has 2 aliphatic heterocycles. The van der Waals surface area contributed by atoms with Gasteiger partial charge < -0.3 is 10.6 Å². The Hall–Kier alpha value is -0.830.